The molecule has 1 aromatic rings. The highest BCUT2D eigenvalue weighted by molar-refractivity contribution is 6.17. The third-order valence-corrected chi connectivity index (χ3v) is 2.07. The van der Waals surface area contributed by atoms with Crippen molar-refractivity contribution in [2.45, 2.75) is 12.8 Å². The Morgan fingerprint density at radius 3 is 2.69 bits per heavy atom. The van der Waals surface area contributed by atoms with E-state index in [4.69, 9.17) is 11.6 Å². The van der Waals surface area contributed by atoms with E-state index in [2.05, 4.69) is 0 Å². The second kappa shape index (κ2) is 3.70. The van der Waals surface area contributed by atoms with Crippen molar-refractivity contribution in [3.63, 3.8) is 0 Å². The van der Waals surface area contributed by atoms with Crippen LogP contribution in [0.2, 0.25) is 0 Å². The van der Waals surface area contributed by atoms with Gasteiger partial charge in [-0.2, -0.15) is 0 Å². The highest BCUT2D eigenvalue weighted by atomic mass is 35.5. The minimum Gasteiger partial charge on any atom is -0.258 e. The standard InChI is InChI=1S/C8H7ClFNO2/c1-5-7(11(12)13)3-2-6(4-9)8(5)10/h2-3H,4H2,1H3. The van der Waals surface area contributed by atoms with Gasteiger partial charge in [0.2, 0.25) is 0 Å². The number of hydrogen-bond donors (Lipinski definition) is 0. The molecule has 13 heavy (non-hydrogen) atoms. The molecule has 0 aromatic heterocycles. The van der Waals surface area contributed by atoms with Gasteiger partial charge in [-0.25, -0.2) is 4.39 Å². The van der Waals surface area contributed by atoms with Gasteiger partial charge in [0.15, 0.2) is 0 Å². The maximum Gasteiger partial charge on any atom is 0.275 e. The Morgan fingerprint density at radius 2 is 2.23 bits per heavy atom. The van der Waals surface area contributed by atoms with Gasteiger partial charge in [0, 0.05) is 11.6 Å². The molecule has 70 valence electrons. The first kappa shape index (κ1) is 9.92. The zero-order chi connectivity index (χ0) is 10.0. The lowest BCUT2D eigenvalue weighted by Crippen LogP contribution is -1.97. The van der Waals surface area contributed by atoms with Crippen LogP contribution in [0.5, 0.6) is 0 Å². The van der Waals surface area contributed by atoms with Crippen LogP contribution in [-0.4, -0.2) is 4.92 Å². The first-order valence-electron chi connectivity index (χ1n) is 3.56. The van der Waals surface area contributed by atoms with Gasteiger partial charge in [0.1, 0.15) is 5.82 Å². The number of halogens is 2. The van der Waals surface area contributed by atoms with Crippen molar-refractivity contribution in [1.29, 1.82) is 0 Å². The van der Waals surface area contributed by atoms with Gasteiger partial charge in [0.25, 0.3) is 5.69 Å². The Labute approximate surface area is 79.3 Å². The Bertz CT molecular complexity index is 354. The minimum absolute atomic E-state index is 0.0185. The molecule has 0 saturated carbocycles. The Balaban J connectivity index is 3.31. The molecule has 0 aliphatic heterocycles. The summed E-state index contributed by atoms with van der Waals surface area (Å²) in [6, 6.07) is 2.59. The smallest absolute Gasteiger partial charge is 0.258 e. The average Bonchev–Trinajstić information content (AvgIpc) is 2.09. The lowest BCUT2D eigenvalue weighted by atomic mass is 10.1. The lowest BCUT2D eigenvalue weighted by molar-refractivity contribution is -0.385. The summed E-state index contributed by atoms with van der Waals surface area (Å²) in [5, 5.41) is 10.4. The average molecular weight is 204 g/mol. The van der Waals surface area contributed by atoms with Gasteiger partial charge in [-0.15, -0.1) is 11.6 Å². The number of rotatable bonds is 2. The van der Waals surface area contributed by atoms with E-state index < -0.39 is 10.7 Å². The summed E-state index contributed by atoms with van der Waals surface area (Å²) in [6.07, 6.45) is 0. The van der Waals surface area contributed by atoms with Crippen LogP contribution in [0.4, 0.5) is 10.1 Å². The highest BCUT2D eigenvalue weighted by Gasteiger charge is 2.16. The summed E-state index contributed by atoms with van der Waals surface area (Å²) in [5.74, 6) is -0.575. The number of alkyl halides is 1. The van der Waals surface area contributed by atoms with Gasteiger partial charge in [-0.1, -0.05) is 0 Å². The SMILES string of the molecule is Cc1c([N+](=O)[O-])ccc(CCl)c1F. The molecule has 0 fully saturated rings. The van der Waals surface area contributed by atoms with E-state index in [1.165, 1.54) is 19.1 Å². The number of nitrogens with zero attached hydrogens (tertiary/aromatic N) is 1. The molecule has 3 nitrogen and oxygen atoms in total. The minimum atomic E-state index is -0.615. The molecule has 0 saturated heterocycles. The summed E-state index contributed by atoms with van der Waals surface area (Å²) in [7, 11) is 0. The van der Waals surface area contributed by atoms with Gasteiger partial charge < -0.3 is 0 Å². The Morgan fingerprint density at radius 1 is 1.62 bits per heavy atom. The largest absolute Gasteiger partial charge is 0.275 e. The Kier molecular flexibility index (Phi) is 2.83. The molecule has 0 unspecified atom stereocenters. The van der Waals surface area contributed by atoms with E-state index >= 15 is 0 Å². The van der Waals surface area contributed by atoms with Crippen molar-refractivity contribution in [2.75, 3.05) is 0 Å². The van der Waals surface area contributed by atoms with Crippen molar-refractivity contribution in [2.24, 2.45) is 0 Å². The van der Waals surface area contributed by atoms with Gasteiger partial charge in [0.05, 0.1) is 16.4 Å². The van der Waals surface area contributed by atoms with Crippen molar-refractivity contribution in [1.82, 2.24) is 0 Å². The fraction of sp³-hybridized carbons (Fsp3) is 0.250. The van der Waals surface area contributed by atoms with Crippen LogP contribution < -0.4 is 0 Å². The predicted octanol–water partition coefficient (Wildman–Crippen LogP) is 2.78. The molecule has 5 heteroatoms. The molecule has 0 atom stereocenters. The highest BCUT2D eigenvalue weighted by Crippen LogP contribution is 2.23. The summed E-state index contributed by atoms with van der Waals surface area (Å²) in [5.41, 5.74) is 0.0966. The molecule has 0 radical (unpaired) electrons. The van der Waals surface area contributed by atoms with E-state index in [1.807, 2.05) is 0 Å². The predicted molar refractivity (Wildman–Crippen MR) is 47.3 cm³/mol. The quantitative estimate of drug-likeness (QED) is 0.421. The molecule has 1 rings (SSSR count). The van der Waals surface area contributed by atoms with Crippen LogP contribution in [0, 0.1) is 22.9 Å². The van der Waals surface area contributed by atoms with Crippen LogP contribution in [0.15, 0.2) is 12.1 Å². The first-order valence-corrected chi connectivity index (χ1v) is 4.09. The van der Waals surface area contributed by atoms with Crippen LogP contribution in [0.3, 0.4) is 0 Å². The third kappa shape index (κ3) is 1.78. The molecular weight excluding hydrogens is 197 g/mol. The summed E-state index contributed by atoms with van der Waals surface area (Å²) < 4.78 is 13.2. The lowest BCUT2D eigenvalue weighted by Gasteiger charge is -2.02. The number of nitro benzene ring substituents is 1. The van der Waals surface area contributed by atoms with Crippen molar-refractivity contribution < 1.29 is 9.31 Å². The molecule has 0 aliphatic carbocycles. The van der Waals surface area contributed by atoms with Gasteiger partial charge >= 0.3 is 0 Å². The maximum absolute atomic E-state index is 13.2. The fourth-order valence-electron chi connectivity index (χ4n) is 1.03. The monoisotopic (exact) mass is 203 g/mol. The fourth-order valence-corrected chi connectivity index (χ4v) is 1.24. The van der Waals surface area contributed by atoms with Crippen molar-refractivity contribution in [3.8, 4) is 0 Å². The van der Waals surface area contributed by atoms with E-state index in [0.717, 1.165) is 0 Å². The zero-order valence-corrected chi connectivity index (χ0v) is 7.64. The van der Waals surface area contributed by atoms with Crippen LogP contribution >= 0.6 is 11.6 Å². The zero-order valence-electron chi connectivity index (χ0n) is 6.88. The van der Waals surface area contributed by atoms with E-state index in [-0.39, 0.29) is 22.7 Å². The van der Waals surface area contributed by atoms with Gasteiger partial charge in [-0.3, -0.25) is 10.1 Å². The molecular formula is C8H7ClFNO2. The molecule has 0 heterocycles. The number of benzene rings is 1. The number of hydrogen-bond acceptors (Lipinski definition) is 2. The molecule has 0 bridgehead atoms. The van der Waals surface area contributed by atoms with Crippen LogP contribution in [-0.2, 0) is 5.88 Å². The third-order valence-electron chi connectivity index (χ3n) is 1.78. The Hall–Kier alpha value is -1.16. The second-order valence-electron chi connectivity index (χ2n) is 2.57. The number of nitro groups is 1. The topological polar surface area (TPSA) is 43.1 Å². The van der Waals surface area contributed by atoms with Crippen LogP contribution in [0.25, 0.3) is 0 Å². The second-order valence-corrected chi connectivity index (χ2v) is 2.84. The molecule has 0 spiro atoms. The van der Waals surface area contributed by atoms with Crippen molar-refractivity contribution >= 4 is 17.3 Å². The van der Waals surface area contributed by atoms with E-state index in [9.17, 15) is 14.5 Å². The molecule has 0 aliphatic rings. The van der Waals surface area contributed by atoms with E-state index in [0.29, 0.717) is 0 Å². The van der Waals surface area contributed by atoms with Crippen LogP contribution in [0.1, 0.15) is 11.1 Å². The summed E-state index contributed by atoms with van der Waals surface area (Å²) >= 11 is 5.43. The maximum atomic E-state index is 13.2. The molecule has 1 aromatic carbocycles. The van der Waals surface area contributed by atoms with Crippen molar-refractivity contribution in [3.05, 3.63) is 39.2 Å². The summed E-state index contributed by atoms with van der Waals surface area (Å²) in [4.78, 5) is 9.76. The van der Waals surface area contributed by atoms with E-state index in [1.54, 1.807) is 0 Å². The molecule has 0 N–H and O–H groups in total. The summed E-state index contributed by atoms with van der Waals surface area (Å²) in [6.45, 7) is 1.36. The molecule has 0 amide bonds. The first-order chi connectivity index (χ1) is 6.07. The normalized spacial score (nSPS) is 10.1. The van der Waals surface area contributed by atoms with Gasteiger partial charge in [-0.05, 0) is 13.0 Å².